The average Bonchev–Trinajstić information content (AvgIpc) is 2.40. The number of hydrogen-bond donors (Lipinski definition) is 0. The highest BCUT2D eigenvalue weighted by Crippen LogP contribution is 2.65. The van der Waals surface area contributed by atoms with E-state index >= 15 is 0 Å². The van der Waals surface area contributed by atoms with E-state index < -0.39 is 7.07 Å². The van der Waals surface area contributed by atoms with Crippen LogP contribution in [0.5, 0.6) is 0 Å². The number of benzene rings is 1. The van der Waals surface area contributed by atoms with Gasteiger partial charge in [-0.3, -0.25) is 0 Å². The van der Waals surface area contributed by atoms with Crippen LogP contribution in [0.2, 0.25) is 0 Å². The topological polar surface area (TPSA) is 18.5 Å². The van der Waals surface area contributed by atoms with Gasteiger partial charge in [-0.25, -0.2) is 0 Å². The molecule has 0 amide bonds. The molecule has 18 heavy (non-hydrogen) atoms. The summed E-state index contributed by atoms with van der Waals surface area (Å²) in [6, 6.07) is 9.89. The minimum Gasteiger partial charge on any atom is -0.184 e. The Balaban J connectivity index is 2.67. The third kappa shape index (κ3) is 5.24. The normalized spacial score (nSPS) is 11.7. The van der Waals surface area contributed by atoms with E-state index in [4.69, 9.17) is 20.3 Å². The molecule has 0 fully saturated rings. The lowest BCUT2D eigenvalue weighted by Crippen LogP contribution is -2.13. The van der Waals surface area contributed by atoms with Gasteiger partial charge in [0, 0.05) is 0 Å². The maximum absolute atomic E-state index is 6.60. The van der Waals surface area contributed by atoms with Gasteiger partial charge in [-0.05, 0) is 25.0 Å². The summed E-state index contributed by atoms with van der Waals surface area (Å²) in [6.07, 6.45) is 4.22. The van der Waals surface area contributed by atoms with Gasteiger partial charge in [-0.15, -0.1) is 0 Å². The van der Waals surface area contributed by atoms with Crippen molar-refractivity contribution in [2.24, 2.45) is 0 Å². The first-order valence-corrected chi connectivity index (χ1v) is 9.19. The first kappa shape index (κ1) is 15.9. The molecule has 1 aromatic rings. The van der Waals surface area contributed by atoms with Crippen LogP contribution in [0.15, 0.2) is 30.3 Å². The molecule has 0 aliphatic carbocycles. The van der Waals surface area contributed by atoms with Crippen LogP contribution in [0, 0.1) is 0 Å². The highest BCUT2D eigenvalue weighted by Gasteiger charge is 2.44. The van der Waals surface area contributed by atoms with E-state index in [9.17, 15) is 0 Å². The summed E-state index contributed by atoms with van der Waals surface area (Å²) in [5.41, 5.74) is 0. The van der Waals surface area contributed by atoms with Crippen molar-refractivity contribution < 1.29 is 9.05 Å². The van der Waals surface area contributed by atoms with E-state index in [0.29, 0.717) is 13.2 Å². The van der Waals surface area contributed by atoms with Crippen molar-refractivity contribution in [2.75, 3.05) is 13.2 Å². The van der Waals surface area contributed by atoms with Gasteiger partial charge in [0.25, 0.3) is 0 Å². The molecule has 0 aromatic heterocycles. The SMILES string of the molecule is CCCCO[P+](Cl)(OCCCC)c1ccccc1. The lowest BCUT2D eigenvalue weighted by molar-refractivity contribution is 0.244. The van der Waals surface area contributed by atoms with E-state index in [1.807, 2.05) is 30.3 Å². The molecule has 0 unspecified atom stereocenters. The van der Waals surface area contributed by atoms with Crippen molar-refractivity contribution in [1.29, 1.82) is 0 Å². The number of unbranched alkanes of at least 4 members (excludes halogenated alkanes) is 2. The second-order valence-corrected chi connectivity index (χ2v) is 7.52. The van der Waals surface area contributed by atoms with Gasteiger partial charge >= 0.3 is 7.07 Å². The molecule has 102 valence electrons. The summed E-state index contributed by atoms with van der Waals surface area (Å²) in [4.78, 5) is 0. The van der Waals surface area contributed by atoms with Crippen molar-refractivity contribution in [1.82, 2.24) is 0 Å². The molecule has 0 atom stereocenters. The Bertz CT molecular complexity index is 309. The van der Waals surface area contributed by atoms with Crippen LogP contribution in [0.1, 0.15) is 39.5 Å². The Morgan fingerprint density at radius 1 is 0.944 bits per heavy atom. The van der Waals surface area contributed by atoms with E-state index in [2.05, 4.69) is 13.8 Å². The molecule has 1 aromatic carbocycles. The summed E-state index contributed by atoms with van der Waals surface area (Å²) in [6.45, 7) is 5.60. The zero-order valence-corrected chi connectivity index (χ0v) is 12.9. The summed E-state index contributed by atoms with van der Waals surface area (Å²) in [5, 5.41) is 0.971. The molecule has 0 radical (unpaired) electrons. The first-order valence-electron chi connectivity index (χ1n) is 6.66. The van der Waals surface area contributed by atoms with Crippen LogP contribution in [0.4, 0.5) is 0 Å². The largest absolute Gasteiger partial charge is 0.405 e. The Labute approximate surface area is 116 Å². The third-order valence-corrected chi connectivity index (χ3v) is 5.69. The molecule has 0 spiro atoms. The Kier molecular flexibility index (Phi) is 7.85. The van der Waals surface area contributed by atoms with Gasteiger partial charge in [0.05, 0.1) is 13.2 Å². The second-order valence-electron chi connectivity index (χ2n) is 4.19. The lowest BCUT2D eigenvalue weighted by atomic mass is 10.4. The second kappa shape index (κ2) is 8.87. The Hall–Kier alpha value is -0.140. The Morgan fingerprint density at radius 2 is 1.44 bits per heavy atom. The smallest absolute Gasteiger partial charge is 0.184 e. The van der Waals surface area contributed by atoms with Crippen molar-refractivity contribution in [3.8, 4) is 0 Å². The fourth-order valence-electron chi connectivity index (χ4n) is 1.44. The van der Waals surface area contributed by atoms with Crippen LogP contribution >= 0.6 is 18.3 Å². The number of hydrogen-bond acceptors (Lipinski definition) is 2. The Morgan fingerprint density at radius 3 is 1.89 bits per heavy atom. The van der Waals surface area contributed by atoms with E-state index in [-0.39, 0.29) is 0 Å². The summed E-state index contributed by atoms with van der Waals surface area (Å²) in [7, 11) is -2.41. The highest BCUT2D eigenvalue weighted by atomic mass is 35.7. The molecular formula is C14H23ClO2P+. The average molecular weight is 290 g/mol. The molecule has 0 bridgehead atoms. The zero-order chi connectivity index (χ0) is 13.3. The van der Waals surface area contributed by atoms with Crippen LogP contribution < -0.4 is 5.30 Å². The van der Waals surface area contributed by atoms with Gasteiger partial charge in [-0.1, -0.05) is 44.9 Å². The minimum atomic E-state index is -2.41. The number of halogens is 1. The molecular weight excluding hydrogens is 267 g/mol. The summed E-state index contributed by atoms with van der Waals surface area (Å²) in [5.74, 6) is 0. The van der Waals surface area contributed by atoms with Crippen LogP contribution in [-0.4, -0.2) is 13.2 Å². The molecule has 2 nitrogen and oxygen atoms in total. The first-order chi connectivity index (χ1) is 8.73. The van der Waals surface area contributed by atoms with E-state index in [0.717, 1.165) is 31.0 Å². The maximum atomic E-state index is 6.60. The van der Waals surface area contributed by atoms with E-state index in [1.54, 1.807) is 0 Å². The van der Waals surface area contributed by atoms with Gasteiger partial charge in [0.15, 0.2) is 16.5 Å². The predicted octanol–water partition coefficient (Wildman–Crippen LogP) is 4.95. The molecule has 0 N–H and O–H groups in total. The summed E-state index contributed by atoms with van der Waals surface area (Å²) >= 11 is 6.60. The highest BCUT2D eigenvalue weighted by molar-refractivity contribution is 7.97. The van der Waals surface area contributed by atoms with Crippen LogP contribution in [0.25, 0.3) is 0 Å². The molecule has 0 saturated carbocycles. The third-order valence-electron chi connectivity index (χ3n) is 2.58. The minimum absolute atomic E-state index is 0.662. The number of rotatable bonds is 9. The van der Waals surface area contributed by atoms with Crippen molar-refractivity contribution in [3.05, 3.63) is 30.3 Å². The molecule has 0 heterocycles. The fourth-order valence-corrected chi connectivity index (χ4v) is 3.83. The molecule has 0 aliphatic heterocycles. The van der Waals surface area contributed by atoms with Crippen molar-refractivity contribution in [2.45, 2.75) is 39.5 Å². The molecule has 0 aliphatic rings. The monoisotopic (exact) mass is 289 g/mol. The van der Waals surface area contributed by atoms with Crippen molar-refractivity contribution >= 4 is 23.6 Å². The van der Waals surface area contributed by atoms with E-state index in [1.165, 1.54) is 0 Å². The molecule has 1 rings (SSSR count). The van der Waals surface area contributed by atoms with Gasteiger partial charge in [0.1, 0.15) is 0 Å². The van der Waals surface area contributed by atoms with Crippen LogP contribution in [0.3, 0.4) is 0 Å². The molecule has 4 heteroatoms. The standard InChI is InChI=1S/C14H23ClO2P/c1-3-5-12-16-18(15,17-13-6-4-2)14-10-8-7-9-11-14/h7-11H,3-6,12-13H2,1-2H3/q+1. The van der Waals surface area contributed by atoms with Gasteiger partial charge in [-0.2, -0.15) is 9.05 Å². The van der Waals surface area contributed by atoms with Gasteiger partial charge < -0.3 is 0 Å². The summed E-state index contributed by atoms with van der Waals surface area (Å²) < 4.78 is 11.7. The maximum Gasteiger partial charge on any atom is 0.405 e. The molecule has 0 saturated heterocycles. The van der Waals surface area contributed by atoms with Gasteiger partial charge in [0.2, 0.25) is 0 Å². The fraction of sp³-hybridized carbons (Fsp3) is 0.571. The zero-order valence-electron chi connectivity index (χ0n) is 11.3. The lowest BCUT2D eigenvalue weighted by Gasteiger charge is -2.16. The van der Waals surface area contributed by atoms with Crippen LogP contribution in [-0.2, 0) is 9.05 Å². The predicted molar refractivity (Wildman–Crippen MR) is 80.6 cm³/mol. The quantitative estimate of drug-likeness (QED) is 0.473. The van der Waals surface area contributed by atoms with Crippen molar-refractivity contribution in [3.63, 3.8) is 0 Å².